The first-order valence-electron chi connectivity index (χ1n) is 6.71. The van der Waals surface area contributed by atoms with Crippen molar-refractivity contribution in [1.82, 2.24) is 0 Å². The van der Waals surface area contributed by atoms with Gasteiger partial charge in [-0.25, -0.2) is 4.79 Å². The van der Waals surface area contributed by atoms with E-state index < -0.39 is 0 Å². The molecular formula is C17H11BrO3. The maximum absolute atomic E-state index is 12.3. The summed E-state index contributed by atoms with van der Waals surface area (Å²) in [4.78, 5) is 12.3. The van der Waals surface area contributed by atoms with Crippen LogP contribution in [0.15, 0.2) is 56.1 Å². The Morgan fingerprint density at radius 1 is 1.10 bits per heavy atom. The molecule has 0 N–H and O–H groups in total. The first-order chi connectivity index (χ1) is 10.2. The van der Waals surface area contributed by atoms with Crippen LogP contribution in [0.5, 0.6) is 5.75 Å². The minimum atomic E-state index is -0.326. The molecule has 0 bridgehead atoms. The lowest BCUT2D eigenvalue weighted by Gasteiger charge is -2.05. The number of hydrogen-bond donors (Lipinski definition) is 0. The zero-order valence-electron chi connectivity index (χ0n) is 11.1. The molecule has 0 radical (unpaired) electrons. The van der Waals surface area contributed by atoms with Crippen molar-refractivity contribution in [3.05, 3.63) is 62.9 Å². The van der Waals surface area contributed by atoms with Crippen LogP contribution in [-0.2, 0) is 6.42 Å². The van der Waals surface area contributed by atoms with Crippen LogP contribution >= 0.6 is 15.9 Å². The van der Waals surface area contributed by atoms with Crippen LogP contribution in [0.3, 0.4) is 0 Å². The van der Waals surface area contributed by atoms with E-state index in [1.165, 1.54) is 0 Å². The van der Waals surface area contributed by atoms with Gasteiger partial charge < -0.3 is 9.15 Å². The molecule has 0 saturated carbocycles. The zero-order valence-corrected chi connectivity index (χ0v) is 12.6. The van der Waals surface area contributed by atoms with Crippen LogP contribution in [0.2, 0.25) is 0 Å². The van der Waals surface area contributed by atoms with Crippen molar-refractivity contribution in [2.24, 2.45) is 0 Å². The molecule has 1 aliphatic rings. The quantitative estimate of drug-likeness (QED) is 0.623. The predicted molar refractivity (Wildman–Crippen MR) is 84.8 cm³/mol. The Bertz CT molecular complexity index is 912. The second-order valence-electron chi connectivity index (χ2n) is 5.03. The van der Waals surface area contributed by atoms with Crippen molar-refractivity contribution in [2.75, 3.05) is 6.61 Å². The highest BCUT2D eigenvalue weighted by atomic mass is 79.9. The van der Waals surface area contributed by atoms with E-state index in [2.05, 4.69) is 15.9 Å². The highest BCUT2D eigenvalue weighted by Crippen LogP contribution is 2.31. The van der Waals surface area contributed by atoms with Gasteiger partial charge in [0.05, 0.1) is 16.6 Å². The summed E-state index contributed by atoms with van der Waals surface area (Å²) in [5.74, 6) is 0.909. The van der Waals surface area contributed by atoms with Crippen LogP contribution in [0.1, 0.15) is 5.56 Å². The summed E-state index contributed by atoms with van der Waals surface area (Å²) in [5, 5.41) is 0.899. The van der Waals surface area contributed by atoms with E-state index in [4.69, 9.17) is 9.15 Å². The van der Waals surface area contributed by atoms with Gasteiger partial charge in [0.1, 0.15) is 5.75 Å². The van der Waals surface area contributed by atoms with Gasteiger partial charge in [-0.1, -0.05) is 18.2 Å². The molecule has 1 aliphatic heterocycles. The Labute approximate surface area is 129 Å². The van der Waals surface area contributed by atoms with Crippen molar-refractivity contribution in [1.29, 1.82) is 0 Å². The summed E-state index contributed by atoms with van der Waals surface area (Å²) in [6.07, 6.45) is 0.883. The molecule has 1 aromatic heterocycles. The zero-order chi connectivity index (χ0) is 14.4. The number of benzene rings is 2. The fourth-order valence-corrected chi connectivity index (χ4v) is 3.13. The minimum Gasteiger partial charge on any atom is -0.493 e. The molecule has 0 atom stereocenters. The summed E-state index contributed by atoms with van der Waals surface area (Å²) in [6.45, 7) is 0.706. The normalized spacial score (nSPS) is 13.2. The van der Waals surface area contributed by atoms with E-state index in [1.807, 2.05) is 42.5 Å². The Kier molecular flexibility index (Phi) is 2.86. The maximum atomic E-state index is 12.3. The molecule has 0 unspecified atom stereocenters. The summed E-state index contributed by atoms with van der Waals surface area (Å²) in [5.41, 5.74) is 2.84. The molecule has 3 nitrogen and oxygen atoms in total. The topological polar surface area (TPSA) is 39.4 Å². The van der Waals surface area contributed by atoms with Gasteiger partial charge in [-0.15, -0.1) is 0 Å². The highest BCUT2D eigenvalue weighted by Gasteiger charge is 2.15. The average Bonchev–Trinajstić information content (AvgIpc) is 2.95. The van der Waals surface area contributed by atoms with E-state index >= 15 is 0 Å². The molecule has 2 aromatic carbocycles. The predicted octanol–water partition coefficient (Wildman–Crippen LogP) is 4.16. The molecule has 21 heavy (non-hydrogen) atoms. The first kappa shape index (κ1) is 12.7. The van der Waals surface area contributed by atoms with E-state index in [0.717, 1.165) is 33.2 Å². The lowest BCUT2D eigenvalue weighted by atomic mass is 10.0. The fourth-order valence-electron chi connectivity index (χ4n) is 2.66. The molecule has 2 heterocycles. The van der Waals surface area contributed by atoms with Crippen LogP contribution in [0.25, 0.3) is 22.1 Å². The summed E-state index contributed by atoms with van der Waals surface area (Å²) < 4.78 is 11.7. The molecule has 104 valence electrons. The molecule has 0 amide bonds. The number of para-hydroxylation sites is 1. The Balaban J connectivity index is 1.94. The molecule has 0 spiro atoms. The Hall–Kier alpha value is -2.07. The van der Waals surface area contributed by atoms with Gasteiger partial charge >= 0.3 is 5.63 Å². The van der Waals surface area contributed by atoms with E-state index in [9.17, 15) is 4.79 Å². The molecule has 0 aliphatic carbocycles. The van der Waals surface area contributed by atoms with Gasteiger partial charge in [-0.2, -0.15) is 0 Å². The fraction of sp³-hybridized carbons (Fsp3) is 0.118. The van der Waals surface area contributed by atoms with E-state index in [1.54, 1.807) is 0 Å². The summed E-state index contributed by atoms with van der Waals surface area (Å²) in [7, 11) is 0. The van der Waals surface area contributed by atoms with Gasteiger partial charge in [0.25, 0.3) is 0 Å². The largest absolute Gasteiger partial charge is 0.493 e. The van der Waals surface area contributed by atoms with Crippen LogP contribution < -0.4 is 10.4 Å². The van der Waals surface area contributed by atoms with E-state index in [0.29, 0.717) is 17.8 Å². The molecule has 0 saturated heterocycles. The maximum Gasteiger partial charge on any atom is 0.344 e. The Morgan fingerprint density at radius 2 is 2.00 bits per heavy atom. The smallest absolute Gasteiger partial charge is 0.344 e. The third-order valence-corrected chi connectivity index (χ3v) is 4.34. The van der Waals surface area contributed by atoms with Gasteiger partial charge in [0, 0.05) is 11.8 Å². The van der Waals surface area contributed by atoms with Crippen molar-refractivity contribution < 1.29 is 9.15 Å². The molecule has 0 fully saturated rings. The monoisotopic (exact) mass is 342 g/mol. The van der Waals surface area contributed by atoms with Gasteiger partial charge in [0.15, 0.2) is 5.58 Å². The van der Waals surface area contributed by atoms with Crippen LogP contribution in [0.4, 0.5) is 0 Å². The highest BCUT2D eigenvalue weighted by molar-refractivity contribution is 9.10. The number of fused-ring (bicyclic) bond motifs is 2. The van der Waals surface area contributed by atoms with Crippen molar-refractivity contribution in [3.8, 4) is 16.9 Å². The molecular weight excluding hydrogens is 332 g/mol. The van der Waals surface area contributed by atoms with Crippen molar-refractivity contribution in [2.45, 2.75) is 6.42 Å². The standard InChI is InChI=1S/C17H11BrO3/c18-14-3-1-2-12-9-13(17(19)21-16(12)14)10-4-5-15-11(8-10)6-7-20-15/h1-5,8-9H,6-7H2. The molecule has 4 rings (SSSR count). The number of hydrogen-bond acceptors (Lipinski definition) is 3. The average molecular weight is 343 g/mol. The van der Waals surface area contributed by atoms with Crippen molar-refractivity contribution in [3.63, 3.8) is 0 Å². The molecule has 3 aromatic rings. The third-order valence-electron chi connectivity index (χ3n) is 3.71. The van der Waals surface area contributed by atoms with Crippen LogP contribution in [0, 0.1) is 0 Å². The van der Waals surface area contributed by atoms with Gasteiger partial charge in [-0.05, 0) is 51.3 Å². The third kappa shape index (κ3) is 2.07. The number of halogens is 1. The Morgan fingerprint density at radius 3 is 2.90 bits per heavy atom. The molecule has 4 heteroatoms. The SMILES string of the molecule is O=c1oc2c(Br)cccc2cc1-c1ccc2c(c1)CCO2. The number of ether oxygens (including phenoxy) is 1. The first-order valence-corrected chi connectivity index (χ1v) is 7.50. The summed E-state index contributed by atoms with van der Waals surface area (Å²) in [6, 6.07) is 13.4. The van der Waals surface area contributed by atoms with Crippen molar-refractivity contribution >= 4 is 26.9 Å². The summed E-state index contributed by atoms with van der Waals surface area (Å²) >= 11 is 3.40. The second kappa shape index (κ2) is 4.74. The second-order valence-corrected chi connectivity index (χ2v) is 5.88. The lowest BCUT2D eigenvalue weighted by Crippen LogP contribution is -2.03. The lowest BCUT2D eigenvalue weighted by molar-refractivity contribution is 0.357. The van der Waals surface area contributed by atoms with Crippen LogP contribution in [-0.4, -0.2) is 6.61 Å². The number of rotatable bonds is 1. The van der Waals surface area contributed by atoms with Gasteiger partial charge in [0.2, 0.25) is 0 Å². The minimum absolute atomic E-state index is 0.326. The van der Waals surface area contributed by atoms with Gasteiger partial charge in [-0.3, -0.25) is 0 Å². The van der Waals surface area contributed by atoms with E-state index in [-0.39, 0.29) is 5.63 Å².